The maximum Gasteiger partial charge on any atom is 0.269 e. The fourth-order valence-corrected chi connectivity index (χ4v) is 2.31. The van der Waals surface area contributed by atoms with E-state index in [9.17, 15) is 18.5 Å². The standard InChI is InChI=1S/C10H14N2O4S/c1-2-17(15,16)7-10(11)8-3-5-9(6-4-8)12(13)14/h3-6,10H,2,7,11H2,1H3. The van der Waals surface area contributed by atoms with Crippen LogP contribution in [0.4, 0.5) is 5.69 Å². The second-order valence-corrected chi connectivity index (χ2v) is 6.05. The Morgan fingerprint density at radius 3 is 2.29 bits per heavy atom. The molecule has 2 N–H and O–H groups in total. The molecule has 17 heavy (non-hydrogen) atoms. The van der Waals surface area contributed by atoms with Crippen LogP contribution in [0.15, 0.2) is 24.3 Å². The Hall–Kier alpha value is -1.47. The summed E-state index contributed by atoms with van der Waals surface area (Å²) in [5, 5.41) is 10.4. The Kier molecular flexibility index (Phi) is 4.19. The molecule has 6 nitrogen and oxygen atoms in total. The number of nitrogens with zero attached hydrogens (tertiary/aromatic N) is 1. The summed E-state index contributed by atoms with van der Waals surface area (Å²) in [6.45, 7) is 1.55. The summed E-state index contributed by atoms with van der Waals surface area (Å²) in [6.07, 6.45) is 0. The molecule has 0 aliphatic heterocycles. The van der Waals surface area contributed by atoms with Gasteiger partial charge in [-0.1, -0.05) is 19.1 Å². The van der Waals surface area contributed by atoms with E-state index in [0.29, 0.717) is 5.56 Å². The molecule has 1 rings (SSSR count). The van der Waals surface area contributed by atoms with Gasteiger partial charge in [0.15, 0.2) is 9.84 Å². The van der Waals surface area contributed by atoms with Crippen molar-refractivity contribution < 1.29 is 13.3 Å². The minimum atomic E-state index is -3.15. The lowest BCUT2D eigenvalue weighted by atomic mass is 10.1. The minimum absolute atomic E-state index is 0.0354. The second-order valence-electron chi connectivity index (χ2n) is 3.65. The van der Waals surface area contributed by atoms with Gasteiger partial charge in [0.2, 0.25) is 0 Å². The number of benzene rings is 1. The average molecular weight is 258 g/mol. The fourth-order valence-electron chi connectivity index (χ4n) is 1.33. The van der Waals surface area contributed by atoms with Crippen LogP contribution in [0.3, 0.4) is 0 Å². The Balaban J connectivity index is 2.83. The third-order valence-electron chi connectivity index (χ3n) is 2.41. The van der Waals surface area contributed by atoms with E-state index in [1.807, 2.05) is 0 Å². The molecule has 0 amide bonds. The molecule has 1 atom stereocenters. The summed E-state index contributed by atoms with van der Waals surface area (Å²) in [6, 6.07) is 4.93. The van der Waals surface area contributed by atoms with Crippen molar-refractivity contribution in [2.24, 2.45) is 5.73 Å². The molecule has 94 valence electrons. The van der Waals surface area contributed by atoms with Crippen LogP contribution in [-0.2, 0) is 9.84 Å². The van der Waals surface area contributed by atoms with Crippen LogP contribution in [-0.4, -0.2) is 24.8 Å². The van der Waals surface area contributed by atoms with E-state index in [1.54, 1.807) is 6.92 Å². The zero-order chi connectivity index (χ0) is 13.1. The number of rotatable bonds is 5. The molecular formula is C10H14N2O4S. The van der Waals surface area contributed by atoms with Gasteiger partial charge < -0.3 is 5.73 Å². The van der Waals surface area contributed by atoms with Gasteiger partial charge in [-0.25, -0.2) is 8.42 Å². The van der Waals surface area contributed by atoms with Gasteiger partial charge >= 0.3 is 0 Å². The molecule has 0 aliphatic rings. The smallest absolute Gasteiger partial charge is 0.269 e. The summed E-state index contributed by atoms with van der Waals surface area (Å²) >= 11 is 0. The highest BCUT2D eigenvalue weighted by molar-refractivity contribution is 7.91. The molecule has 0 heterocycles. The van der Waals surface area contributed by atoms with Crippen LogP contribution in [0.1, 0.15) is 18.5 Å². The summed E-state index contributed by atoms with van der Waals surface area (Å²) in [5.74, 6) is -0.116. The molecular weight excluding hydrogens is 244 g/mol. The van der Waals surface area contributed by atoms with Gasteiger partial charge in [0.25, 0.3) is 5.69 Å². The van der Waals surface area contributed by atoms with Crippen molar-refractivity contribution in [3.05, 3.63) is 39.9 Å². The van der Waals surface area contributed by atoms with E-state index in [2.05, 4.69) is 0 Å². The molecule has 0 saturated heterocycles. The molecule has 7 heteroatoms. The average Bonchev–Trinajstić information content (AvgIpc) is 2.28. The highest BCUT2D eigenvalue weighted by Gasteiger charge is 2.16. The highest BCUT2D eigenvalue weighted by atomic mass is 32.2. The van der Waals surface area contributed by atoms with Crippen molar-refractivity contribution >= 4 is 15.5 Å². The van der Waals surface area contributed by atoms with Crippen molar-refractivity contribution in [2.45, 2.75) is 13.0 Å². The van der Waals surface area contributed by atoms with Gasteiger partial charge in [-0.15, -0.1) is 0 Å². The number of nitrogens with two attached hydrogens (primary N) is 1. The van der Waals surface area contributed by atoms with Crippen LogP contribution in [0.2, 0.25) is 0 Å². The van der Waals surface area contributed by atoms with Crippen LogP contribution in [0.5, 0.6) is 0 Å². The largest absolute Gasteiger partial charge is 0.323 e. The molecule has 0 saturated carbocycles. The van der Waals surface area contributed by atoms with Gasteiger partial charge in [-0.2, -0.15) is 0 Å². The van der Waals surface area contributed by atoms with Crippen LogP contribution in [0.25, 0.3) is 0 Å². The first kappa shape index (κ1) is 13.6. The fraction of sp³-hybridized carbons (Fsp3) is 0.400. The molecule has 1 aromatic rings. The second kappa shape index (κ2) is 5.24. The van der Waals surface area contributed by atoms with Crippen molar-refractivity contribution in [1.82, 2.24) is 0 Å². The van der Waals surface area contributed by atoms with E-state index in [1.165, 1.54) is 24.3 Å². The summed E-state index contributed by atoms with van der Waals surface area (Å²) in [7, 11) is -3.15. The Morgan fingerprint density at radius 2 is 1.88 bits per heavy atom. The predicted octanol–water partition coefficient (Wildman–Crippen LogP) is 1.03. The van der Waals surface area contributed by atoms with Crippen molar-refractivity contribution in [3.8, 4) is 0 Å². The number of non-ortho nitro benzene ring substituents is 1. The molecule has 0 aliphatic carbocycles. The zero-order valence-corrected chi connectivity index (χ0v) is 10.2. The molecule has 1 aromatic carbocycles. The van der Waals surface area contributed by atoms with Crippen molar-refractivity contribution in [1.29, 1.82) is 0 Å². The van der Waals surface area contributed by atoms with Gasteiger partial charge in [0.05, 0.1) is 10.7 Å². The molecule has 0 aromatic heterocycles. The van der Waals surface area contributed by atoms with Gasteiger partial charge in [0, 0.05) is 23.9 Å². The lowest BCUT2D eigenvalue weighted by molar-refractivity contribution is -0.384. The number of nitro benzene ring substituents is 1. The molecule has 0 fully saturated rings. The first-order valence-corrected chi connectivity index (χ1v) is 6.88. The summed E-state index contributed by atoms with van der Waals surface area (Å²) in [5.41, 5.74) is 6.27. The molecule has 0 spiro atoms. The Labute approximate surface area is 99.5 Å². The number of sulfone groups is 1. The third kappa shape index (κ3) is 3.79. The maximum atomic E-state index is 11.4. The van der Waals surface area contributed by atoms with E-state index >= 15 is 0 Å². The van der Waals surface area contributed by atoms with Crippen LogP contribution < -0.4 is 5.73 Å². The van der Waals surface area contributed by atoms with Crippen LogP contribution in [0, 0.1) is 10.1 Å². The van der Waals surface area contributed by atoms with E-state index in [0.717, 1.165) is 0 Å². The lowest BCUT2D eigenvalue weighted by Crippen LogP contribution is -2.22. The molecule has 1 unspecified atom stereocenters. The minimum Gasteiger partial charge on any atom is -0.323 e. The first-order valence-electron chi connectivity index (χ1n) is 5.06. The Morgan fingerprint density at radius 1 is 1.35 bits per heavy atom. The Bertz CT molecular complexity index is 496. The monoisotopic (exact) mass is 258 g/mol. The summed E-state index contributed by atoms with van der Waals surface area (Å²) < 4.78 is 22.7. The quantitative estimate of drug-likeness (QED) is 0.627. The lowest BCUT2D eigenvalue weighted by Gasteiger charge is -2.11. The van der Waals surface area contributed by atoms with Gasteiger partial charge in [0.1, 0.15) is 0 Å². The number of hydrogen-bond acceptors (Lipinski definition) is 5. The van der Waals surface area contributed by atoms with Crippen LogP contribution >= 0.6 is 0 Å². The van der Waals surface area contributed by atoms with Crippen molar-refractivity contribution in [2.75, 3.05) is 11.5 Å². The van der Waals surface area contributed by atoms with Gasteiger partial charge in [-0.3, -0.25) is 10.1 Å². The number of hydrogen-bond donors (Lipinski definition) is 1. The van der Waals surface area contributed by atoms with E-state index in [4.69, 9.17) is 5.73 Å². The number of nitro groups is 1. The molecule has 0 bridgehead atoms. The maximum absolute atomic E-state index is 11.4. The predicted molar refractivity (Wildman–Crippen MR) is 64.4 cm³/mol. The summed E-state index contributed by atoms with van der Waals surface area (Å²) in [4.78, 5) is 9.92. The highest BCUT2D eigenvalue weighted by Crippen LogP contribution is 2.17. The normalized spacial score (nSPS) is 13.3. The van der Waals surface area contributed by atoms with E-state index < -0.39 is 20.8 Å². The first-order chi connectivity index (χ1) is 7.85. The van der Waals surface area contributed by atoms with E-state index in [-0.39, 0.29) is 17.2 Å². The zero-order valence-electron chi connectivity index (χ0n) is 9.37. The topological polar surface area (TPSA) is 103 Å². The molecule has 0 radical (unpaired) electrons. The van der Waals surface area contributed by atoms with Gasteiger partial charge in [-0.05, 0) is 5.56 Å². The SMILES string of the molecule is CCS(=O)(=O)CC(N)c1ccc([N+](=O)[O-])cc1. The van der Waals surface area contributed by atoms with Crippen molar-refractivity contribution in [3.63, 3.8) is 0 Å². The third-order valence-corrected chi connectivity index (χ3v) is 4.15.